The maximum absolute atomic E-state index is 12.6. The van der Waals surface area contributed by atoms with Crippen molar-refractivity contribution >= 4 is 44.8 Å². The Bertz CT molecular complexity index is 799. The normalized spacial score (nSPS) is 18.8. The Hall–Kier alpha value is -1.71. The zero-order valence-electron chi connectivity index (χ0n) is 15.3. The molecule has 0 saturated carbocycles. The predicted molar refractivity (Wildman–Crippen MR) is 112 cm³/mol. The fourth-order valence-electron chi connectivity index (χ4n) is 3.44. The number of piperazine rings is 2. The van der Waals surface area contributed by atoms with E-state index in [9.17, 15) is 4.79 Å². The molecule has 2 aliphatic heterocycles. The van der Waals surface area contributed by atoms with Crippen LogP contribution in [0, 0.1) is 0 Å². The van der Waals surface area contributed by atoms with Crippen molar-refractivity contribution in [2.24, 2.45) is 0 Å². The molecular weight excluding hydrogens is 428 g/mol. The highest BCUT2D eigenvalue weighted by Crippen LogP contribution is 2.23. The van der Waals surface area contributed by atoms with Crippen LogP contribution in [0.5, 0.6) is 0 Å². The quantitative estimate of drug-likeness (QED) is 0.712. The van der Waals surface area contributed by atoms with Crippen LogP contribution in [0.3, 0.4) is 0 Å². The Labute approximate surface area is 171 Å². The fourth-order valence-corrected chi connectivity index (χ4v) is 4.83. The molecule has 0 unspecified atom stereocenters. The molecule has 2 fully saturated rings. The van der Waals surface area contributed by atoms with Gasteiger partial charge in [-0.2, -0.15) is 0 Å². The molecule has 0 N–H and O–H groups in total. The molecule has 4 rings (SSSR count). The van der Waals surface area contributed by atoms with Gasteiger partial charge in [0.15, 0.2) is 0 Å². The van der Waals surface area contributed by atoms with Gasteiger partial charge in [0.2, 0.25) is 0 Å². The van der Waals surface area contributed by atoms with Crippen LogP contribution in [-0.2, 0) is 0 Å². The predicted octanol–water partition coefficient (Wildman–Crippen LogP) is 2.01. The molecule has 4 heterocycles. The second kappa shape index (κ2) is 8.12. The second-order valence-electron chi connectivity index (χ2n) is 6.93. The lowest BCUT2D eigenvalue weighted by atomic mass is 10.2. The molecule has 27 heavy (non-hydrogen) atoms. The number of hydrogen-bond acceptors (Lipinski definition) is 7. The van der Waals surface area contributed by atoms with Crippen LogP contribution in [-0.4, -0.2) is 85.1 Å². The Morgan fingerprint density at radius 1 is 0.963 bits per heavy atom. The van der Waals surface area contributed by atoms with Gasteiger partial charge in [-0.25, -0.2) is 9.97 Å². The van der Waals surface area contributed by atoms with E-state index in [1.807, 2.05) is 16.3 Å². The number of amides is 1. The van der Waals surface area contributed by atoms with E-state index in [0.29, 0.717) is 13.1 Å². The lowest BCUT2D eigenvalue weighted by Gasteiger charge is -2.36. The number of carbonyl (C=O) groups is 1. The molecule has 0 radical (unpaired) electrons. The summed E-state index contributed by atoms with van der Waals surface area (Å²) in [6, 6.07) is 3.98. The number of rotatable bonds is 3. The van der Waals surface area contributed by atoms with Crippen molar-refractivity contribution in [3.05, 3.63) is 33.2 Å². The van der Waals surface area contributed by atoms with Crippen LogP contribution in [0.4, 0.5) is 11.6 Å². The van der Waals surface area contributed by atoms with E-state index in [-0.39, 0.29) is 5.91 Å². The summed E-state index contributed by atoms with van der Waals surface area (Å²) >= 11 is 4.90. The van der Waals surface area contributed by atoms with E-state index in [1.54, 1.807) is 6.33 Å². The van der Waals surface area contributed by atoms with Crippen LogP contribution in [0.1, 0.15) is 9.67 Å². The Kier molecular flexibility index (Phi) is 5.60. The lowest BCUT2D eigenvalue weighted by Crippen LogP contribution is -2.49. The molecule has 2 aromatic rings. The number of nitrogens with zero attached hydrogens (tertiary/aromatic N) is 6. The molecule has 2 aromatic heterocycles. The van der Waals surface area contributed by atoms with Crippen LogP contribution in [0.15, 0.2) is 28.3 Å². The summed E-state index contributed by atoms with van der Waals surface area (Å²) in [5.74, 6) is 2.06. The highest BCUT2D eigenvalue weighted by atomic mass is 79.9. The van der Waals surface area contributed by atoms with Crippen LogP contribution >= 0.6 is 27.3 Å². The first-order valence-electron chi connectivity index (χ1n) is 9.14. The Morgan fingerprint density at radius 2 is 1.56 bits per heavy atom. The highest BCUT2D eigenvalue weighted by molar-refractivity contribution is 9.10. The smallest absolute Gasteiger partial charge is 0.264 e. The SMILES string of the molecule is CN1CCN(c2cc(N3CCN(C(=O)c4cc(Br)cs4)CC3)ncn2)CC1. The molecular formula is C18H23BrN6OS. The number of likely N-dealkylation sites (N-methyl/N-ethyl adjacent to an activating group) is 1. The molecule has 0 aromatic carbocycles. The van der Waals surface area contributed by atoms with E-state index >= 15 is 0 Å². The second-order valence-corrected chi connectivity index (χ2v) is 8.76. The third-order valence-corrected chi connectivity index (χ3v) is 6.81. The summed E-state index contributed by atoms with van der Waals surface area (Å²) in [7, 11) is 2.15. The van der Waals surface area contributed by atoms with Gasteiger partial charge in [-0.3, -0.25) is 4.79 Å². The molecule has 1 amide bonds. The van der Waals surface area contributed by atoms with Gasteiger partial charge >= 0.3 is 0 Å². The average Bonchev–Trinajstić information content (AvgIpc) is 3.14. The van der Waals surface area contributed by atoms with E-state index in [1.165, 1.54) is 11.3 Å². The van der Waals surface area contributed by atoms with E-state index < -0.39 is 0 Å². The van der Waals surface area contributed by atoms with Crippen molar-refractivity contribution in [3.63, 3.8) is 0 Å². The number of aromatic nitrogens is 2. The monoisotopic (exact) mass is 450 g/mol. The molecule has 7 nitrogen and oxygen atoms in total. The van der Waals surface area contributed by atoms with E-state index in [2.05, 4.69) is 53.7 Å². The van der Waals surface area contributed by atoms with Gasteiger partial charge in [-0.15, -0.1) is 11.3 Å². The molecule has 2 saturated heterocycles. The minimum atomic E-state index is 0.117. The van der Waals surface area contributed by atoms with Crippen LogP contribution in [0.25, 0.3) is 0 Å². The number of hydrogen-bond donors (Lipinski definition) is 0. The number of thiophene rings is 1. The fraction of sp³-hybridized carbons (Fsp3) is 0.500. The molecule has 144 valence electrons. The first-order chi connectivity index (χ1) is 13.1. The molecule has 0 atom stereocenters. The minimum Gasteiger partial charge on any atom is -0.354 e. The molecule has 0 spiro atoms. The van der Waals surface area contributed by atoms with Crippen molar-refractivity contribution in [1.82, 2.24) is 19.8 Å². The van der Waals surface area contributed by atoms with Crippen molar-refractivity contribution in [1.29, 1.82) is 0 Å². The summed E-state index contributed by atoms with van der Waals surface area (Å²) in [4.78, 5) is 31.2. The highest BCUT2D eigenvalue weighted by Gasteiger charge is 2.24. The van der Waals surface area contributed by atoms with Crippen LogP contribution in [0.2, 0.25) is 0 Å². The summed E-state index contributed by atoms with van der Waals surface area (Å²) in [5, 5.41) is 1.95. The first kappa shape index (κ1) is 18.6. The summed E-state index contributed by atoms with van der Waals surface area (Å²) in [6.07, 6.45) is 1.66. The van der Waals surface area contributed by atoms with Crippen molar-refractivity contribution in [2.75, 3.05) is 69.2 Å². The Morgan fingerprint density at radius 3 is 2.11 bits per heavy atom. The zero-order chi connectivity index (χ0) is 18.8. The maximum Gasteiger partial charge on any atom is 0.264 e. The number of halogens is 1. The number of carbonyl (C=O) groups excluding carboxylic acids is 1. The summed E-state index contributed by atoms with van der Waals surface area (Å²) in [6.45, 7) is 7.09. The molecule has 0 bridgehead atoms. The van der Waals surface area contributed by atoms with Gasteiger partial charge in [0.05, 0.1) is 4.88 Å². The zero-order valence-corrected chi connectivity index (χ0v) is 17.7. The maximum atomic E-state index is 12.6. The molecule has 9 heteroatoms. The van der Waals surface area contributed by atoms with Crippen molar-refractivity contribution in [2.45, 2.75) is 0 Å². The van der Waals surface area contributed by atoms with Crippen molar-refractivity contribution in [3.8, 4) is 0 Å². The molecule has 2 aliphatic rings. The third kappa shape index (κ3) is 4.25. The lowest BCUT2D eigenvalue weighted by molar-refractivity contribution is 0.0751. The third-order valence-electron chi connectivity index (χ3n) is 5.13. The minimum absolute atomic E-state index is 0.117. The van der Waals surface area contributed by atoms with Crippen molar-refractivity contribution < 1.29 is 4.79 Å². The molecule has 0 aliphatic carbocycles. The standard InChI is InChI=1S/C18H23BrN6OS/c1-22-2-4-23(5-3-22)16-11-17(21-13-20-16)24-6-8-25(9-7-24)18(26)15-10-14(19)12-27-15/h10-13H,2-9H2,1H3. The summed E-state index contributed by atoms with van der Waals surface area (Å²) < 4.78 is 0.965. The van der Waals surface area contributed by atoms with Gasteiger partial charge in [-0.05, 0) is 29.0 Å². The topological polar surface area (TPSA) is 55.8 Å². The number of anilines is 2. The summed E-state index contributed by atoms with van der Waals surface area (Å²) in [5.41, 5.74) is 0. The van der Waals surface area contributed by atoms with E-state index in [0.717, 1.165) is 60.3 Å². The van der Waals surface area contributed by atoms with E-state index in [4.69, 9.17) is 0 Å². The van der Waals surface area contributed by atoms with Gasteiger partial charge in [0.25, 0.3) is 5.91 Å². The van der Waals surface area contributed by atoms with Gasteiger partial charge in [-0.1, -0.05) is 0 Å². The van der Waals surface area contributed by atoms with Gasteiger partial charge < -0.3 is 19.6 Å². The van der Waals surface area contributed by atoms with Crippen LogP contribution < -0.4 is 9.80 Å². The van der Waals surface area contributed by atoms with Gasteiger partial charge in [0.1, 0.15) is 18.0 Å². The van der Waals surface area contributed by atoms with Gasteiger partial charge in [0, 0.05) is 68.3 Å². The average molecular weight is 451 g/mol. The Balaban J connectivity index is 1.38. The largest absolute Gasteiger partial charge is 0.354 e. The first-order valence-corrected chi connectivity index (χ1v) is 10.8.